The number of rotatable bonds is 2. The first-order valence-corrected chi connectivity index (χ1v) is 6.33. The predicted octanol–water partition coefficient (Wildman–Crippen LogP) is 2.61. The highest BCUT2D eigenvalue weighted by Gasteiger charge is 2.23. The van der Waals surface area contributed by atoms with Gasteiger partial charge in [-0.2, -0.15) is 0 Å². The quantitative estimate of drug-likeness (QED) is 0.768. The number of carbonyl (C=O) groups excluding carboxylic acids is 1. The van der Waals surface area contributed by atoms with Crippen LogP contribution in [0, 0.1) is 6.92 Å². The number of aryl methyl sites for hydroxylation is 1. The van der Waals surface area contributed by atoms with E-state index in [0.29, 0.717) is 11.8 Å². The van der Waals surface area contributed by atoms with E-state index < -0.39 is 0 Å². The first-order chi connectivity index (χ1) is 7.16. The molecule has 3 heteroatoms. The Balaban J connectivity index is 2.00. The molecule has 82 valence electrons. The molecule has 1 unspecified atom stereocenters. The lowest BCUT2D eigenvalue weighted by molar-refractivity contribution is -0.123. The molecule has 0 aliphatic carbocycles. The van der Waals surface area contributed by atoms with Crippen LogP contribution in [0.2, 0.25) is 0 Å². The Morgan fingerprint density at radius 1 is 1.60 bits per heavy atom. The number of hydrogen-bond acceptors (Lipinski definition) is 3. The molecule has 1 aliphatic rings. The third kappa shape index (κ3) is 2.47. The van der Waals surface area contributed by atoms with Gasteiger partial charge in [0.25, 0.3) is 0 Å². The van der Waals surface area contributed by atoms with Crippen LogP contribution in [0.4, 0.5) is 0 Å². The van der Waals surface area contributed by atoms with Crippen LogP contribution in [-0.2, 0) is 11.3 Å². The van der Waals surface area contributed by atoms with Crippen LogP contribution in [-0.4, -0.2) is 23.3 Å². The summed E-state index contributed by atoms with van der Waals surface area (Å²) in [5.74, 6) is 0.418. The molecule has 0 spiro atoms. The highest BCUT2D eigenvalue weighted by Crippen LogP contribution is 2.22. The Hall–Kier alpha value is -0.670. The first-order valence-electron chi connectivity index (χ1n) is 5.45. The van der Waals surface area contributed by atoms with Crippen molar-refractivity contribution in [3.05, 3.63) is 21.9 Å². The second-order valence-corrected chi connectivity index (χ2v) is 5.34. The Morgan fingerprint density at radius 3 is 3.00 bits per heavy atom. The van der Waals surface area contributed by atoms with Crippen molar-refractivity contribution >= 4 is 17.1 Å². The van der Waals surface area contributed by atoms with Crippen LogP contribution in [0.15, 0.2) is 11.4 Å². The number of likely N-dealkylation sites (tertiary alicyclic amines) is 1. The zero-order valence-corrected chi connectivity index (χ0v) is 10.1. The summed E-state index contributed by atoms with van der Waals surface area (Å²) in [6.07, 6.45) is 1.46. The first kappa shape index (κ1) is 10.8. The second-order valence-electron chi connectivity index (χ2n) is 4.34. The number of piperidine rings is 1. The lowest BCUT2D eigenvalue weighted by atomic mass is 10.0. The molecule has 0 aromatic carbocycles. The van der Waals surface area contributed by atoms with Crippen LogP contribution in [0.1, 0.15) is 30.2 Å². The molecule has 2 rings (SSSR count). The molecule has 0 amide bonds. The Bertz CT molecular complexity index is 358. The average Bonchev–Trinajstić information content (AvgIpc) is 2.57. The molecule has 1 aliphatic heterocycles. The Labute approximate surface area is 94.9 Å². The van der Waals surface area contributed by atoms with Crippen molar-refractivity contribution in [2.45, 2.75) is 39.3 Å². The van der Waals surface area contributed by atoms with Gasteiger partial charge in [-0.05, 0) is 30.9 Å². The van der Waals surface area contributed by atoms with E-state index in [9.17, 15) is 4.79 Å². The maximum absolute atomic E-state index is 11.3. The van der Waals surface area contributed by atoms with E-state index in [-0.39, 0.29) is 0 Å². The molecule has 1 fully saturated rings. The van der Waals surface area contributed by atoms with Crippen molar-refractivity contribution < 1.29 is 4.79 Å². The Morgan fingerprint density at radius 2 is 2.40 bits per heavy atom. The molecular weight excluding hydrogens is 206 g/mol. The fraction of sp³-hybridized carbons (Fsp3) is 0.583. The fourth-order valence-electron chi connectivity index (χ4n) is 2.03. The van der Waals surface area contributed by atoms with Crippen LogP contribution < -0.4 is 0 Å². The number of Topliss-reactive ketones (excluding diaryl/α,β-unsaturated/α-hetero) is 1. The predicted molar refractivity (Wildman–Crippen MR) is 63.2 cm³/mol. The number of ketones is 1. The fourth-order valence-corrected chi connectivity index (χ4v) is 2.97. The molecule has 1 aromatic heterocycles. The smallest absolute Gasteiger partial charge is 0.135 e. The van der Waals surface area contributed by atoms with E-state index in [1.165, 1.54) is 10.4 Å². The summed E-state index contributed by atoms with van der Waals surface area (Å²) in [7, 11) is 0. The summed E-state index contributed by atoms with van der Waals surface area (Å²) < 4.78 is 0. The summed E-state index contributed by atoms with van der Waals surface area (Å²) in [6, 6.07) is 2.58. The van der Waals surface area contributed by atoms with E-state index in [0.717, 1.165) is 25.9 Å². The van der Waals surface area contributed by atoms with Gasteiger partial charge < -0.3 is 0 Å². The largest absolute Gasteiger partial charge is 0.300 e. The molecule has 2 nitrogen and oxygen atoms in total. The van der Waals surface area contributed by atoms with Gasteiger partial charge in [-0.3, -0.25) is 9.69 Å². The highest BCUT2D eigenvalue weighted by atomic mass is 32.1. The maximum Gasteiger partial charge on any atom is 0.135 e. The molecule has 2 heterocycles. The number of thiophene rings is 1. The topological polar surface area (TPSA) is 20.3 Å². The second kappa shape index (κ2) is 4.45. The molecule has 0 bridgehead atoms. The molecule has 15 heavy (non-hydrogen) atoms. The summed E-state index contributed by atoms with van der Waals surface area (Å²) in [6.45, 7) is 6.25. The van der Waals surface area contributed by atoms with Gasteiger partial charge in [-0.1, -0.05) is 0 Å². The van der Waals surface area contributed by atoms with Crippen molar-refractivity contribution in [2.24, 2.45) is 0 Å². The van der Waals surface area contributed by atoms with Gasteiger partial charge in [0.2, 0.25) is 0 Å². The van der Waals surface area contributed by atoms with Crippen LogP contribution >= 0.6 is 11.3 Å². The zero-order valence-electron chi connectivity index (χ0n) is 9.32. The van der Waals surface area contributed by atoms with E-state index in [1.54, 1.807) is 0 Å². The normalized spacial score (nSPS) is 23.3. The van der Waals surface area contributed by atoms with Crippen molar-refractivity contribution in [3.63, 3.8) is 0 Å². The third-order valence-electron chi connectivity index (χ3n) is 3.14. The van der Waals surface area contributed by atoms with Crippen molar-refractivity contribution in [2.75, 3.05) is 6.54 Å². The van der Waals surface area contributed by atoms with Gasteiger partial charge in [-0.25, -0.2) is 0 Å². The van der Waals surface area contributed by atoms with Crippen LogP contribution in [0.5, 0.6) is 0 Å². The Kier molecular flexibility index (Phi) is 3.22. The molecule has 0 N–H and O–H groups in total. The summed E-state index contributed by atoms with van der Waals surface area (Å²) in [5.41, 5.74) is 1.38. The summed E-state index contributed by atoms with van der Waals surface area (Å²) in [5, 5.41) is 2.14. The lowest BCUT2D eigenvalue weighted by Crippen LogP contribution is -2.40. The van der Waals surface area contributed by atoms with Crippen molar-refractivity contribution in [3.8, 4) is 0 Å². The SMILES string of the molecule is Cc1ccsc1CN1CCC(=O)CC1C. The minimum atomic E-state index is 0.410. The molecular formula is C12H17NOS. The minimum Gasteiger partial charge on any atom is -0.300 e. The van der Waals surface area contributed by atoms with E-state index in [4.69, 9.17) is 0 Å². The average molecular weight is 223 g/mol. The lowest BCUT2D eigenvalue weighted by Gasteiger charge is -2.32. The molecule has 0 saturated carbocycles. The summed E-state index contributed by atoms with van der Waals surface area (Å²) in [4.78, 5) is 15.1. The standard InChI is InChI=1S/C12H17NOS/c1-9-4-6-15-12(9)8-13-5-3-11(14)7-10(13)2/h4,6,10H,3,5,7-8H2,1-2H3. The van der Waals surface area contributed by atoms with Crippen molar-refractivity contribution in [1.29, 1.82) is 0 Å². The van der Waals surface area contributed by atoms with Gasteiger partial charge >= 0.3 is 0 Å². The molecule has 0 radical (unpaired) electrons. The molecule has 1 atom stereocenters. The summed E-state index contributed by atoms with van der Waals surface area (Å²) >= 11 is 1.82. The van der Waals surface area contributed by atoms with E-state index >= 15 is 0 Å². The number of carbonyl (C=O) groups is 1. The van der Waals surface area contributed by atoms with Gasteiger partial charge in [0, 0.05) is 36.9 Å². The highest BCUT2D eigenvalue weighted by molar-refractivity contribution is 7.10. The third-order valence-corrected chi connectivity index (χ3v) is 4.15. The van der Waals surface area contributed by atoms with Crippen LogP contribution in [0.25, 0.3) is 0 Å². The number of hydrogen-bond donors (Lipinski definition) is 0. The zero-order chi connectivity index (χ0) is 10.8. The van der Waals surface area contributed by atoms with Gasteiger partial charge in [-0.15, -0.1) is 11.3 Å². The van der Waals surface area contributed by atoms with Crippen molar-refractivity contribution in [1.82, 2.24) is 4.90 Å². The van der Waals surface area contributed by atoms with Gasteiger partial charge in [0.15, 0.2) is 0 Å². The monoisotopic (exact) mass is 223 g/mol. The molecule has 1 aromatic rings. The van der Waals surface area contributed by atoms with Crippen LogP contribution in [0.3, 0.4) is 0 Å². The van der Waals surface area contributed by atoms with E-state index in [2.05, 4.69) is 30.2 Å². The molecule has 1 saturated heterocycles. The van der Waals surface area contributed by atoms with E-state index in [1.807, 2.05) is 11.3 Å². The van der Waals surface area contributed by atoms with Gasteiger partial charge in [0.05, 0.1) is 0 Å². The maximum atomic E-state index is 11.3. The number of nitrogens with zero attached hydrogens (tertiary/aromatic N) is 1. The van der Waals surface area contributed by atoms with Gasteiger partial charge in [0.1, 0.15) is 5.78 Å². The minimum absolute atomic E-state index is 0.410.